The highest BCUT2D eigenvalue weighted by Gasteiger charge is 2.16. The molecule has 0 unspecified atom stereocenters. The van der Waals surface area contributed by atoms with Crippen molar-refractivity contribution in [1.82, 2.24) is 14.3 Å². The van der Waals surface area contributed by atoms with Crippen LogP contribution in [0.5, 0.6) is 0 Å². The summed E-state index contributed by atoms with van der Waals surface area (Å²) in [4.78, 5) is 8.92. The summed E-state index contributed by atoms with van der Waals surface area (Å²) in [7, 11) is -3.32. The smallest absolute Gasteiger partial charge is 0.223 e. The van der Waals surface area contributed by atoms with Gasteiger partial charge in [-0.1, -0.05) is 41.9 Å². The number of sulfonamides is 1. The predicted molar refractivity (Wildman–Crippen MR) is 130 cm³/mol. The highest BCUT2D eigenvalue weighted by molar-refractivity contribution is 7.88. The van der Waals surface area contributed by atoms with Gasteiger partial charge in [0.05, 0.1) is 11.9 Å². The normalized spacial score (nSPS) is 11.6. The van der Waals surface area contributed by atoms with Crippen LogP contribution < -0.4 is 11.1 Å². The highest BCUT2D eigenvalue weighted by atomic mass is 35.5. The van der Waals surface area contributed by atoms with Crippen LogP contribution >= 0.6 is 11.6 Å². The molecular weight excluding hydrogens is 446 g/mol. The maximum atomic E-state index is 12.1. The summed E-state index contributed by atoms with van der Waals surface area (Å²) >= 11 is 5.93. The second-order valence-corrected chi connectivity index (χ2v) is 9.93. The van der Waals surface area contributed by atoms with Crippen molar-refractivity contribution in [1.29, 1.82) is 0 Å². The number of rotatable bonds is 11. The number of aromatic nitrogens is 2. The van der Waals surface area contributed by atoms with Crippen molar-refractivity contribution >= 4 is 27.6 Å². The summed E-state index contributed by atoms with van der Waals surface area (Å²) in [5, 5.41) is 3.97. The van der Waals surface area contributed by atoms with Gasteiger partial charge in [0, 0.05) is 36.4 Å². The Morgan fingerprint density at radius 3 is 2.59 bits per heavy atom. The third-order valence-electron chi connectivity index (χ3n) is 4.93. The maximum absolute atomic E-state index is 12.1. The van der Waals surface area contributed by atoms with E-state index in [0.29, 0.717) is 38.5 Å². The lowest BCUT2D eigenvalue weighted by Gasteiger charge is -2.20. The fourth-order valence-corrected chi connectivity index (χ4v) is 4.21. The third kappa shape index (κ3) is 7.27. The molecule has 0 aliphatic carbocycles. The van der Waals surface area contributed by atoms with Crippen LogP contribution in [0.2, 0.25) is 5.02 Å². The number of nitrogens with one attached hydrogen (secondary N) is 1. The molecule has 3 N–H and O–H groups in total. The van der Waals surface area contributed by atoms with Gasteiger partial charge in [0.15, 0.2) is 0 Å². The second kappa shape index (κ2) is 11.4. The largest absolute Gasteiger partial charge is 0.354 e. The zero-order valence-corrected chi connectivity index (χ0v) is 19.6. The Morgan fingerprint density at radius 2 is 1.88 bits per heavy atom. The molecule has 0 fully saturated rings. The molecule has 0 bridgehead atoms. The molecule has 32 heavy (non-hydrogen) atoms. The third-order valence-corrected chi connectivity index (χ3v) is 6.43. The monoisotopic (exact) mass is 473 g/mol. The molecular formula is C23H28ClN5O2S. The van der Waals surface area contributed by atoms with Crippen LogP contribution in [0, 0.1) is 0 Å². The van der Waals surface area contributed by atoms with E-state index in [0.717, 1.165) is 28.3 Å². The van der Waals surface area contributed by atoms with Crippen LogP contribution in [0.4, 0.5) is 5.95 Å². The van der Waals surface area contributed by atoms with E-state index >= 15 is 0 Å². The number of anilines is 1. The van der Waals surface area contributed by atoms with Crippen molar-refractivity contribution in [3.05, 3.63) is 76.9 Å². The van der Waals surface area contributed by atoms with E-state index < -0.39 is 10.0 Å². The number of benzene rings is 2. The standard InChI is InChI=1S/C23H28ClN5O2S/c1-32(30,31)29(15-3-12-25)17-19-4-2-5-20(16-19)22-11-14-27-23(28-22)26-13-10-18-6-8-21(24)9-7-18/h2,4-9,11,14,16H,3,10,12-13,15,17,25H2,1H3,(H,26,27,28). The molecule has 7 nitrogen and oxygen atoms in total. The highest BCUT2D eigenvalue weighted by Crippen LogP contribution is 2.21. The van der Waals surface area contributed by atoms with Crippen molar-refractivity contribution in [2.75, 3.05) is 31.2 Å². The van der Waals surface area contributed by atoms with E-state index in [1.165, 1.54) is 16.1 Å². The summed E-state index contributed by atoms with van der Waals surface area (Å²) in [5.41, 5.74) is 9.29. The van der Waals surface area contributed by atoms with Gasteiger partial charge in [0.2, 0.25) is 16.0 Å². The average Bonchev–Trinajstić information content (AvgIpc) is 2.78. The van der Waals surface area contributed by atoms with Gasteiger partial charge < -0.3 is 11.1 Å². The zero-order valence-electron chi connectivity index (χ0n) is 18.0. The van der Waals surface area contributed by atoms with Crippen molar-refractivity contribution in [3.63, 3.8) is 0 Å². The Bertz CT molecular complexity index is 1120. The first-order chi connectivity index (χ1) is 15.3. The lowest BCUT2D eigenvalue weighted by molar-refractivity contribution is 0.405. The van der Waals surface area contributed by atoms with Crippen LogP contribution in [0.25, 0.3) is 11.3 Å². The van der Waals surface area contributed by atoms with Gasteiger partial charge in [-0.2, -0.15) is 4.31 Å². The van der Waals surface area contributed by atoms with Gasteiger partial charge in [-0.15, -0.1) is 0 Å². The van der Waals surface area contributed by atoms with E-state index in [-0.39, 0.29) is 0 Å². The van der Waals surface area contributed by atoms with Crippen molar-refractivity contribution in [2.45, 2.75) is 19.4 Å². The molecule has 170 valence electrons. The van der Waals surface area contributed by atoms with E-state index in [4.69, 9.17) is 17.3 Å². The summed E-state index contributed by atoms with van der Waals surface area (Å²) < 4.78 is 25.7. The molecule has 0 amide bonds. The predicted octanol–water partition coefficient (Wildman–Crippen LogP) is 3.56. The van der Waals surface area contributed by atoms with Gasteiger partial charge in [-0.25, -0.2) is 18.4 Å². The first-order valence-corrected chi connectivity index (χ1v) is 12.6. The maximum Gasteiger partial charge on any atom is 0.223 e. The number of nitrogens with zero attached hydrogens (tertiary/aromatic N) is 3. The molecule has 0 radical (unpaired) electrons. The Morgan fingerprint density at radius 1 is 1.09 bits per heavy atom. The SMILES string of the molecule is CS(=O)(=O)N(CCCN)Cc1cccc(-c2ccnc(NCCc3ccc(Cl)cc3)n2)c1. The summed E-state index contributed by atoms with van der Waals surface area (Å²) in [5.74, 6) is 0.544. The lowest BCUT2D eigenvalue weighted by Crippen LogP contribution is -2.31. The molecule has 0 saturated heterocycles. The fraction of sp³-hybridized carbons (Fsp3) is 0.304. The topological polar surface area (TPSA) is 101 Å². The minimum Gasteiger partial charge on any atom is -0.354 e. The minimum atomic E-state index is -3.32. The molecule has 0 aliphatic rings. The number of hydrogen-bond acceptors (Lipinski definition) is 6. The van der Waals surface area contributed by atoms with Crippen molar-refractivity contribution in [3.8, 4) is 11.3 Å². The van der Waals surface area contributed by atoms with Crippen molar-refractivity contribution < 1.29 is 8.42 Å². The first-order valence-electron chi connectivity index (χ1n) is 10.4. The molecule has 3 rings (SSSR count). The van der Waals surface area contributed by atoms with E-state index in [1.807, 2.05) is 54.6 Å². The van der Waals surface area contributed by atoms with Crippen LogP contribution in [0.15, 0.2) is 60.8 Å². The van der Waals surface area contributed by atoms with E-state index in [1.54, 1.807) is 6.20 Å². The van der Waals surface area contributed by atoms with Crippen LogP contribution in [-0.4, -0.2) is 48.6 Å². The zero-order chi connectivity index (χ0) is 23.0. The van der Waals surface area contributed by atoms with Gasteiger partial charge in [-0.05, 0) is 54.8 Å². The Balaban J connectivity index is 1.68. The molecule has 2 aromatic carbocycles. The van der Waals surface area contributed by atoms with Gasteiger partial charge in [-0.3, -0.25) is 0 Å². The molecule has 1 aromatic heterocycles. The van der Waals surface area contributed by atoms with Gasteiger partial charge >= 0.3 is 0 Å². The fourth-order valence-electron chi connectivity index (χ4n) is 3.24. The van der Waals surface area contributed by atoms with E-state index in [9.17, 15) is 8.42 Å². The second-order valence-electron chi connectivity index (χ2n) is 7.51. The molecule has 3 aromatic rings. The molecule has 1 heterocycles. The Hall–Kier alpha value is -2.52. The number of nitrogens with two attached hydrogens (primary N) is 1. The van der Waals surface area contributed by atoms with Crippen LogP contribution in [-0.2, 0) is 23.0 Å². The van der Waals surface area contributed by atoms with Crippen LogP contribution in [0.3, 0.4) is 0 Å². The van der Waals surface area contributed by atoms with Crippen LogP contribution in [0.1, 0.15) is 17.5 Å². The average molecular weight is 474 g/mol. The summed E-state index contributed by atoms with van der Waals surface area (Å²) in [6.07, 6.45) is 4.37. The molecule has 0 aliphatic heterocycles. The number of hydrogen-bond donors (Lipinski definition) is 2. The number of halogens is 1. The molecule has 0 saturated carbocycles. The Labute approximate surface area is 194 Å². The molecule has 0 atom stereocenters. The summed E-state index contributed by atoms with van der Waals surface area (Å²) in [6, 6.07) is 17.3. The molecule has 9 heteroatoms. The van der Waals surface area contributed by atoms with Crippen molar-refractivity contribution in [2.24, 2.45) is 5.73 Å². The van der Waals surface area contributed by atoms with E-state index in [2.05, 4.69) is 15.3 Å². The lowest BCUT2D eigenvalue weighted by atomic mass is 10.1. The quantitative estimate of drug-likeness (QED) is 0.441. The Kier molecular flexibility index (Phi) is 8.58. The van der Waals surface area contributed by atoms with Gasteiger partial charge in [0.1, 0.15) is 0 Å². The minimum absolute atomic E-state index is 0.296. The molecule has 0 spiro atoms. The summed E-state index contributed by atoms with van der Waals surface area (Å²) in [6.45, 7) is 1.83. The van der Waals surface area contributed by atoms with Gasteiger partial charge in [0.25, 0.3) is 0 Å². The first kappa shape index (κ1) is 24.1.